The lowest BCUT2D eigenvalue weighted by atomic mass is 9.79. The van der Waals surface area contributed by atoms with Crippen LogP contribution in [-0.4, -0.2) is 37.5 Å². The number of nitrogens with zero attached hydrogens (tertiary/aromatic N) is 3. The van der Waals surface area contributed by atoms with Gasteiger partial charge in [-0.2, -0.15) is 5.10 Å². The highest BCUT2D eigenvalue weighted by Gasteiger charge is 2.26. The van der Waals surface area contributed by atoms with Gasteiger partial charge in [0.1, 0.15) is 17.1 Å². The summed E-state index contributed by atoms with van der Waals surface area (Å²) in [7, 11) is 1.77. The second-order valence-corrected chi connectivity index (χ2v) is 9.09. The van der Waals surface area contributed by atoms with E-state index in [9.17, 15) is 9.59 Å². The van der Waals surface area contributed by atoms with E-state index < -0.39 is 0 Å². The fraction of sp³-hybridized carbons (Fsp3) is 0.520. The number of aromatic amines is 1. The Hall–Kier alpha value is -3.20. The minimum Gasteiger partial charge on any atom is -0.493 e. The van der Waals surface area contributed by atoms with Crippen molar-refractivity contribution in [2.75, 3.05) is 6.61 Å². The Labute approximate surface area is 198 Å². The first-order valence-corrected chi connectivity index (χ1v) is 12.1. The average molecular weight is 468 g/mol. The SMILES string of the molecule is CCCc1nn(C)c2c(=O)[nH]c(-c3cc(CC4CCC(C(=O)NO)CC4)ccc3OCC)nc12. The van der Waals surface area contributed by atoms with Crippen molar-refractivity contribution in [2.24, 2.45) is 18.9 Å². The predicted molar refractivity (Wildman–Crippen MR) is 129 cm³/mol. The predicted octanol–water partition coefficient (Wildman–Crippen LogP) is 3.53. The first-order chi connectivity index (χ1) is 16.4. The minimum atomic E-state index is -0.287. The topological polar surface area (TPSA) is 122 Å². The molecular formula is C25H33N5O4. The van der Waals surface area contributed by atoms with Crippen LogP contribution in [0.4, 0.5) is 0 Å². The number of rotatable bonds is 8. The Bertz CT molecular complexity index is 1220. The number of carbonyl (C=O) groups excluding carboxylic acids is 1. The third-order valence-electron chi connectivity index (χ3n) is 6.70. The third kappa shape index (κ3) is 4.84. The van der Waals surface area contributed by atoms with Crippen LogP contribution in [0.3, 0.4) is 0 Å². The summed E-state index contributed by atoms with van der Waals surface area (Å²) in [5.74, 6) is 1.21. The molecule has 1 fully saturated rings. The lowest BCUT2D eigenvalue weighted by Gasteiger charge is -2.27. The van der Waals surface area contributed by atoms with Gasteiger partial charge in [0.2, 0.25) is 5.91 Å². The van der Waals surface area contributed by atoms with E-state index in [0.29, 0.717) is 35.1 Å². The largest absolute Gasteiger partial charge is 0.493 e. The fourth-order valence-corrected chi connectivity index (χ4v) is 5.00. The fourth-order valence-electron chi connectivity index (χ4n) is 5.00. The summed E-state index contributed by atoms with van der Waals surface area (Å²) in [5, 5.41) is 13.4. The maximum absolute atomic E-state index is 12.9. The number of aryl methyl sites for hydroxylation is 2. The Balaban J connectivity index is 1.66. The van der Waals surface area contributed by atoms with Gasteiger partial charge in [-0.25, -0.2) is 10.5 Å². The smallest absolute Gasteiger partial charge is 0.277 e. The number of benzene rings is 1. The van der Waals surface area contributed by atoms with E-state index in [1.807, 2.05) is 13.0 Å². The number of ether oxygens (including phenoxy) is 1. The van der Waals surface area contributed by atoms with E-state index in [1.54, 1.807) is 17.2 Å². The van der Waals surface area contributed by atoms with E-state index in [0.717, 1.165) is 61.8 Å². The summed E-state index contributed by atoms with van der Waals surface area (Å²) in [6, 6.07) is 6.06. The van der Waals surface area contributed by atoms with Crippen LogP contribution >= 0.6 is 0 Å². The molecule has 0 bridgehead atoms. The molecule has 0 unspecified atom stereocenters. The summed E-state index contributed by atoms with van der Waals surface area (Å²) < 4.78 is 7.47. The van der Waals surface area contributed by atoms with Crippen molar-refractivity contribution in [3.05, 3.63) is 39.8 Å². The van der Waals surface area contributed by atoms with Crippen LogP contribution in [0.5, 0.6) is 5.75 Å². The summed E-state index contributed by atoms with van der Waals surface area (Å²) >= 11 is 0. The highest BCUT2D eigenvalue weighted by molar-refractivity contribution is 5.80. The van der Waals surface area contributed by atoms with Crippen molar-refractivity contribution in [3.8, 4) is 17.1 Å². The zero-order valence-electron chi connectivity index (χ0n) is 20.1. The molecule has 0 aliphatic heterocycles. The molecule has 0 atom stereocenters. The highest BCUT2D eigenvalue weighted by atomic mass is 16.5. The van der Waals surface area contributed by atoms with Gasteiger partial charge in [0.05, 0.1) is 17.9 Å². The van der Waals surface area contributed by atoms with Gasteiger partial charge in [-0.3, -0.25) is 19.5 Å². The number of carbonyl (C=O) groups is 1. The number of hydrogen-bond acceptors (Lipinski definition) is 6. The van der Waals surface area contributed by atoms with Crippen LogP contribution in [0.1, 0.15) is 57.2 Å². The Morgan fingerprint density at radius 1 is 1.26 bits per heavy atom. The molecule has 1 saturated carbocycles. The van der Waals surface area contributed by atoms with Crippen LogP contribution in [-0.2, 0) is 24.7 Å². The molecule has 9 nitrogen and oxygen atoms in total. The molecule has 0 saturated heterocycles. The van der Waals surface area contributed by atoms with E-state index >= 15 is 0 Å². The number of hydroxylamine groups is 1. The first kappa shape index (κ1) is 23.9. The number of H-pyrrole nitrogens is 1. The second-order valence-electron chi connectivity index (χ2n) is 9.09. The quantitative estimate of drug-likeness (QED) is 0.344. The van der Waals surface area contributed by atoms with Crippen LogP contribution < -0.4 is 15.8 Å². The van der Waals surface area contributed by atoms with Gasteiger partial charge in [0, 0.05) is 13.0 Å². The van der Waals surface area contributed by atoms with E-state index in [-0.39, 0.29) is 17.4 Å². The molecule has 9 heteroatoms. The van der Waals surface area contributed by atoms with Crippen LogP contribution in [0.25, 0.3) is 22.4 Å². The van der Waals surface area contributed by atoms with Gasteiger partial charge in [-0.1, -0.05) is 19.4 Å². The molecule has 0 radical (unpaired) electrons. The second kappa shape index (κ2) is 10.4. The maximum atomic E-state index is 12.9. The molecule has 2 aromatic heterocycles. The number of aromatic nitrogens is 4. The molecule has 0 spiro atoms. The Morgan fingerprint density at radius 2 is 2.03 bits per heavy atom. The summed E-state index contributed by atoms with van der Waals surface area (Å²) in [6.07, 6.45) is 5.94. The lowest BCUT2D eigenvalue weighted by molar-refractivity contribution is -0.134. The Kier molecular flexibility index (Phi) is 7.31. The Morgan fingerprint density at radius 3 is 2.71 bits per heavy atom. The molecule has 182 valence electrons. The van der Waals surface area contributed by atoms with Crippen LogP contribution in [0.15, 0.2) is 23.0 Å². The van der Waals surface area contributed by atoms with E-state index in [1.165, 1.54) is 0 Å². The normalized spacial score (nSPS) is 18.2. The standard InChI is InChI=1S/C25H33N5O4/c1-4-6-19-21-22(30(3)28-19)25(32)27-23(26-21)18-14-16(9-12-20(18)34-5-2)13-15-7-10-17(11-8-15)24(31)29-33/h9,12,14-15,17,33H,4-8,10-11,13H2,1-3H3,(H,29,31)(H,26,27,32). The number of fused-ring (bicyclic) bond motifs is 1. The summed E-state index contributed by atoms with van der Waals surface area (Å²) in [6.45, 7) is 4.51. The van der Waals surface area contributed by atoms with Crippen molar-refractivity contribution < 1.29 is 14.7 Å². The minimum absolute atomic E-state index is 0.116. The zero-order chi connectivity index (χ0) is 24.2. The molecule has 4 rings (SSSR count). The lowest BCUT2D eigenvalue weighted by Crippen LogP contribution is -2.31. The van der Waals surface area contributed by atoms with Gasteiger partial charge in [-0.15, -0.1) is 0 Å². The van der Waals surface area contributed by atoms with Gasteiger partial charge < -0.3 is 9.72 Å². The molecule has 3 N–H and O–H groups in total. The monoisotopic (exact) mass is 467 g/mol. The molecule has 1 aliphatic carbocycles. The number of amides is 1. The molecule has 1 aliphatic rings. The van der Waals surface area contributed by atoms with E-state index in [4.69, 9.17) is 14.9 Å². The molecule has 34 heavy (non-hydrogen) atoms. The molecular weight excluding hydrogens is 434 g/mol. The van der Waals surface area contributed by atoms with E-state index in [2.05, 4.69) is 29.1 Å². The van der Waals surface area contributed by atoms with Gasteiger partial charge in [-0.05, 0) is 69.1 Å². The zero-order valence-corrected chi connectivity index (χ0v) is 20.1. The number of nitrogens with one attached hydrogen (secondary N) is 2. The highest BCUT2D eigenvalue weighted by Crippen LogP contribution is 2.34. The third-order valence-corrected chi connectivity index (χ3v) is 6.70. The summed E-state index contributed by atoms with van der Waals surface area (Å²) in [5.41, 5.74) is 5.40. The maximum Gasteiger partial charge on any atom is 0.277 e. The van der Waals surface area contributed by atoms with Crippen molar-refractivity contribution in [3.63, 3.8) is 0 Å². The molecule has 2 heterocycles. The van der Waals surface area contributed by atoms with Crippen molar-refractivity contribution >= 4 is 16.9 Å². The van der Waals surface area contributed by atoms with Gasteiger partial charge >= 0.3 is 0 Å². The van der Waals surface area contributed by atoms with Crippen molar-refractivity contribution in [1.82, 2.24) is 25.2 Å². The molecule has 3 aromatic rings. The van der Waals surface area contributed by atoms with Crippen molar-refractivity contribution in [1.29, 1.82) is 0 Å². The van der Waals surface area contributed by atoms with Gasteiger partial charge in [0.15, 0.2) is 5.52 Å². The molecule has 1 amide bonds. The van der Waals surface area contributed by atoms with Crippen LogP contribution in [0.2, 0.25) is 0 Å². The van der Waals surface area contributed by atoms with Crippen molar-refractivity contribution in [2.45, 2.75) is 58.8 Å². The first-order valence-electron chi connectivity index (χ1n) is 12.1. The summed E-state index contributed by atoms with van der Waals surface area (Å²) in [4.78, 5) is 32.4. The number of hydrogen-bond donors (Lipinski definition) is 3. The van der Waals surface area contributed by atoms with Crippen LogP contribution in [0, 0.1) is 11.8 Å². The molecule has 1 aromatic carbocycles. The average Bonchev–Trinajstić information content (AvgIpc) is 3.16. The van der Waals surface area contributed by atoms with Gasteiger partial charge in [0.25, 0.3) is 5.56 Å².